The molecule has 2 saturated heterocycles. The van der Waals surface area contributed by atoms with Crippen molar-refractivity contribution in [2.24, 2.45) is 5.41 Å². The maximum Gasteiger partial charge on any atom is 0.251 e. The van der Waals surface area contributed by atoms with Crippen LogP contribution in [0.5, 0.6) is 5.75 Å². The number of hydrogen-bond donors (Lipinski definition) is 1. The summed E-state index contributed by atoms with van der Waals surface area (Å²) in [6, 6.07) is 17.1. The summed E-state index contributed by atoms with van der Waals surface area (Å²) < 4.78 is 65.4. The van der Waals surface area contributed by atoms with Crippen LogP contribution in [-0.2, 0) is 13.0 Å². The van der Waals surface area contributed by atoms with E-state index in [1.165, 1.54) is 23.5 Å². The molecule has 0 saturated carbocycles. The third kappa shape index (κ3) is 6.86. The summed E-state index contributed by atoms with van der Waals surface area (Å²) in [6.07, 6.45) is 4.49. The Labute approximate surface area is 252 Å². The third-order valence-corrected chi connectivity index (χ3v) is 9.71. The summed E-state index contributed by atoms with van der Waals surface area (Å²) in [4.78, 5) is 3.61. The third-order valence-electron chi connectivity index (χ3n) is 9.71. The van der Waals surface area contributed by atoms with Gasteiger partial charge in [-0.2, -0.15) is 0 Å². The fourth-order valence-electron chi connectivity index (χ4n) is 7.42. The maximum atomic E-state index is 16.0. The van der Waals surface area contributed by atoms with Gasteiger partial charge in [-0.05, 0) is 104 Å². The zero-order valence-corrected chi connectivity index (χ0v) is 24.6. The van der Waals surface area contributed by atoms with E-state index in [1.54, 1.807) is 12.1 Å². The Bertz CT molecular complexity index is 1350. The van der Waals surface area contributed by atoms with Crippen molar-refractivity contribution < 1.29 is 22.3 Å². The van der Waals surface area contributed by atoms with Crippen LogP contribution in [0.2, 0.25) is 0 Å². The Balaban J connectivity index is 1.26. The molecule has 2 atom stereocenters. The maximum absolute atomic E-state index is 16.0. The molecule has 2 fully saturated rings. The van der Waals surface area contributed by atoms with Crippen molar-refractivity contribution in [2.45, 2.75) is 64.0 Å². The molecule has 3 heterocycles. The van der Waals surface area contributed by atoms with Crippen LogP contribution in [0.25, 0.3) is 0 Å². The van der Waals surface area contributed by atoms with Gasteiger partial charge in [0.1, 0.15) is 24.0 Å². The van der Waals surface area contributed by atoms with Crippen molar-refractivity contribution in [3.8, 4) is 5.75 Å². The van der Waals surface area contributed by atoms with E-state index < -0.39 is 30.6 Å². The molecule has 43 heavy (non-hydrogen) atoms. The predicted octanol–water partition coefficient (Wildman–Crippen LogP) is 7.51. The topological polar surface area (TPSA) is 27.7 Å². The Morgan fingerprint density at radius 1 is 0.860 bits per heavy atom. The Kier molecular flexibility index (Phi) is 9.24. The first-order valence-electron chi connectivity index (χ1n) is 15.7. The minimum absolute atomic E-state index is 0.163. The van der Waals surface area contributed by atoms with Crippen molar-refractivity contribution in [3.05, 3.63) is 94.6 Å². The lowest BCUT2D eigenvalue weighted by Gasteiger charge is -2.38. The van der Waals surface area contributed by atoms with Crippen LogP contribution < -0.4 is 15.0 Å². The number of nitrogens with zero attached hydrogens (tertiary/aromatic N) is 2. The molecule has 1 N–H and O–H groups in total. The second kappa shape index (κ2) is 13.3. The first kappa shape index (κ1) is 29.9. The van der Waals surface area contributed by atoms with Gasteiger partial charge < -0.3 is 15.0 Å². The molecule has 6 rings (SSSR count). The number of anilines is 1. The SMILES string of the molecule is Fc1cc(N2CCCC3(CCCNCC3)CC2)cc(F)c1C1c2ccc(OCc3ccccc3)cc2CCN1CC(F)F. The standard InChI is InChI=1S/C35H41F4N3O/c36-30-21-27(41-17-5-12-35(14-19-41)11-4-15-40-16-13-35)22-31(37)33(30)34-29-9-8-28(43-24-25-6-2-1-3-7-25)20-26(29)10-18-42(34)23-32(38)39/h1-3,6-9,20-22,32,34,40H,4-5,10-19,23-24H2. The summed E-state index contributed by atoms with van der Waals surface area (Å²) in [6.45, 7) is 3.69. The first-order valence-corrected chi connectivity index (χ1v) is 15.7. The molecule has 3 aromatic rings. The number of alkyl halides is 2. The van der Waals surface area contributed by atoms with Gasteiger partial charge in [0.05, 0.1) is 12.6 Å². The highest BCUT2D eigenvalue weighted by Crippen LogP contribution is 2.43. The molecule has 0 aromatic heterocycles. The van der Waals surface area contributed by atoms with E-state index in [9.17, 15) is 8.78 Å². The van der Waals surface area contributed by atoms with Crippen molar-refractivity contribution in [2.75, 3.05) is 44.2 Å². The molecule has 0 radical (unpaired) electrons. The van der Waals surface area contributed by atoms with Gasteiger partial charge in [0.15, 0.2) is 0 Å². The Hall–Kier alpha value is -3.10. The smallest absolute Gasteiger partial charge is 0.251 e. The normalized spacial score (nSPS) is 23.2. The van der Waals surface area contributed by atoms with Gasteiger partial charge in [0, 0.05) is 30.9 Å². The molecule has 3 aliphatic heterocycles. The van der Waals surface area contributed by atoms with E-state index in [-0.39, 0.29) is 12.1 Å². The number of ether oxygens (including phenoxy) is 1. The molecular formula is C35H41F4N3O. The Morgan fingerprint density at radius 3 is 2.44 bits per heavy atom. The molecule has 0 bridgehead atoms. The second-order valence-electron chi connectivity index (χ2n) is 12.4. The molecule has 3 aromatic carbocycles. The monoisotopic (exact) mass is 595 g/mol. The van der Waals surface area contributed by atoms with Crippen LogP contribution in [0.3, 0.4) is 0 Å². The molecular weight excluding hydrogens is 554 g/mol. The average molecular weight is 596 g/mol. The van der Waals surface area contributed by atoms with Crippen LogP contribution in [0.15, 0.2) is 60.7 Å². The van der Waals surface area contributed by atoms with E-state index in [2.05, 4.69) is 10.2 Å². The van der Waals surface area contributed by atoms with Gasteiger partial charge in [0.25, 0.3) is 6.43 Å². The number of halogens is 4. The summed E-state index contributed by atoms with van der Waals surface area (Å²) in [5, 5.41) is 3.50. The molecule has 4 nitrogen and oxygen atoms in total. The average Bonchev–Trinajstić information content (AvgIpc) is 3.37. The largest absolute Gasteiger partial charge is 0.489 e. The van der Waals surface area contributed by atoms with E-state index in [1.807, 2.05) is 36.4 Å². The predicted molar refractivity (Wildman–Crippen MR) is 162 cm³/mol. The first-order chi connectivity index (χ1) is 20.9. The van der Waals surface area contributed by atoms with Crippen LogP contribution in [0.4, 0.5) is 23.2 Å². The van der Waals surface area contributed by atoms with Crippen molar-refractivity contribution in [1.82, 2.24) is 10.2 Å². The van der Waals surface area contributed by atoms with E-state index in [0.29, 0.717) is 35.4 Å². The lowest BCUT2D eigenvalue weighted by molar-refractivity contribution is 0.0686. The number of rotatable bonds is 7. The van der Waals surface area contributed by atoms with Crippen molar-refractivity contribution in [3.63, 3.8) is 0 Å². The number of hydrogen-bond acceptors (Lipinski definition) is 4. The molecule has 0 amide bonds. The van der Waals surface area contributed by atoms with E-state index in [4.69, 9.17) is 4.74 Å². The van der Waals surface area contributed by atoms with Gasteiger partial charge in [0.2, 0.25) is 0 Å². The molecule has 0 aliphatic carbocycles. The minimum Gasteiger partial charge on any atom is -0.489 e. The fraction of sp³-hybridized carbons (Fsp3) is 0.486. The van der Waals surface area contributed by atoms with Crippen LogP contribution >= 0.6 is 0 Å². The van der Waals surface area contributed by atoms with Crippen LogP contribution in [0, 0.1) is 17.0 Å². The van der Waals surface area contributed by atoms with Gasteiger partial charge in [-0.1, -0.05) is 36.4 Å². The fourth-order valence-corrected chi connectivity index (χ4v) is 7.42. The van der Waals surface area contributed by atoms with Crippen LogP contribution in [0.1, 0.15) is 66.8 Å². The highest BCUT2D eigenvalue weighted by atomic mass is 19.3. The van der Waals surface area contributed by atoms with Crippen molar-refractivity contribution in [1.29, 1.82) is 0 Å². The van der Waals surface area contributed by atoms with Gasteiger partial charge >= 0.3 is 0 Å². The summed E-state index contributed by atoms with van der Waals surface area (Å²) in [5.41, 5.74) is 3.19. The molecule has 1 spiro atoms. The van der Waals surface area contributed by atoms with E-state index in [0.717, 1.165) is 69.4 Å². The number of benzene rings is 3. The van der Waals surface area contributed by atoms with Gasteiger partial charge in [-0.15, -0.1) is 0 Å². The van der Waals surface area contributed by atoms with Gasteiger partial charge in [-0.25, -0.2) is 17.6 Å². The highest BCUT2D eigenvalue weighted by Gasteiger charge is 2.36. The summed E-state index contributed by atoms with van der Waals surface area (Å²) in [5.74, 6) is -0.730. The van der Waals surface area contributed by atoms with Crippen molar-refractivity contribution >= 4 is 5.69 Å². The molecule has 3 aliphatic rings. The quantitative estimate of drug-likeness (QED) is 0.286. The van der Waals surface area contributed by atoms with Crippen LogP contribution in [-0.4, -0.2) is 50.6 Å². The summed E-state index contributed by atoms with van der Waals surface area (Å²) in [7, 11) is 0. The minimum atomic E-state index is -2.62. The molecule has 230 valence electrons. The lowest BCUT2D eigenvalue weighted by Crippen LogP contribution is -2.40. The highest BCUT2D eigenvalue weighted by molar-refractivity contribution is 5.52. The van der Waals surface area contributed by atoms with Gasteiger partial charge in [-0.3, -0.25) is 4.90 Å². The molecule has 8 heteroatoms. The zero-order chi connectivity index (χ0) is 29.8. The lowest BCUT2D eigenvalue weighted by atomic mass is 9.75. The van der Waals surface area contributed by atoms with E-state index >= 15 is 8.78 Å². The zero-order valence-electron chi connectivity index (χ0n) is 24.6. The molecule has 2 unspecified atom stereocenters. The second-order valence-corrected chi connectivity index (χ2v) is 12.4. The Morgan fingerprint density at radius 2 is 1.65 bits per heavy atom. The number of nitrogens with one attached hydrogen (secondary N) is 1. The summed E-state index contributed by atoms with van der Waals surface area (Å²) >= 11 is 0. The number of fused-ring (bicyclic) bond motifs is 1.